The van der Waals surface area contributed by atoms with E-state index >= 15 is 0 Å². The third-order valence-electron chi connectivity index (χ3n) is 3.43. The second-order valence-electron chi connectivity index (χ2n) is 6.89. The lowest BCUT2D eigenvalue weighted by Crippen LogP contribution is -2.47. The summed E-state index contributed by atoms with van der Waals surface area (Å²) in [6.45, 7) is 10.9. The summed E-state index contributed by atoms with van der Waals surface area (Å²) in [5, 5.41) is 2.96. The third kappa shape index (κ3) is 4.97. The van der Waals surface area contributed by atoms with E-state index in [-0.39, 0.29) is 23.5 Å². The molecular formula is C15H29NO2. The predicted molar refractivity (Wildman–Crippen MR) is 74.4 cm³/mol. The molecule has 0 spiro atoms. The average Bonchev–Trinajstić information content (AvgIpc) is 2.67. The smallest absolute Gasteiger partial charge is 0.249 e. The lowest BCUT2D eigenvalue weighted by molar-refractivity contribution is -0.142. The van der Waals surface area contributed by atoms with Gasteiger partial charge in [-0.15, -0.1) is 0 Å². The van der Waals surface area contributed by atoms with Gasteiger partial charge in [-0.3, -0.25) is 4.79 Å². The van der Waals surface area contributed by atoms with Crippen LogP contribution in [0.4, 0.5) is 0 Å². The van der Waals surface area contributed by atoms with Gasteiger partial charge in [0.25, 0.3) is 0 Å². The first-order valence-corrected chi connectivity index (χ1v) is 7.22. The van der Waals surface area contributed by atoms with Crippen LogP contribution in [0.25, 0.3) is 0 Å². The van der Waals surface area contributed by atoms with Crippen LogP contribution in [0.2, 0.25) is 0 Å². The lowest BCUT2D eigenvalue weighted by Gasteiger charge is -2.31. The summed E-state index contributed by atoms with van der Waals surface area (Å²) in [5.41, 5.74) is -0.155. The van der Waals surface area contributed by atoms with Gasteiger partial charge in [0.2, 0.25) is 5.91 Å². The van der Waals surface area contributed by atoms with Crippen molar-refractivity contribution in [2.45, 2.75) is 72.4 Å². The minimum Gasteiger partial charge on any atom is -0.368 e. The van der Waals surface area contributed by atoms with Crippen molar-refractivity contribution in [2.24, 2.45) is 11.3 Å². The van der Waals surface area contributed by atoms with Gasteiger partial charge in [0, 0.05) is 6.04 Å². The van der Waals surface area contributed by atoms with Crippen LogP contribution in [0, 0.1) is 11.3 Å². The maximum Gasteiger partial charge on any atom is 0.249 e. The summed E-state index contributed by atoms with van der Waals surface area (Å²) in [4.78, 5) is 12.2. The topological polar surface area (TPSA) is 38.3 Å². The van der Waals surface area contributed by atoms with Gasteiger partial charge in [0.15, 0.2) is 0 Å². The minimum atomic E-state index is -0.347. The first kappa shape index (κ1) is 15.5. The molecule has 0 heterocycles. The summed E-state index contributed by atoms with van der Waals surface area (Å²) >= 11 is 0. The van der Waals surface area contributed by atoms with Gasteiger partial charge in [-0.1, -0.05) is 33.6 Å². The van der Waals surface area contributed by atoms with E-state index in [2.05, 4.69) is 26.1 Å². The van der Waals surface area contributed by atoms with Crippen LogP contribution in [-0.4, -0.2) is 24.7 Å². The van der Waals surface area contributed by atoms with Crippen LogP contribution in [0.3, 0.4) is 0 Å². The quantitative estimate of drug-likeness (QED) is 0.819. The zero-order valence-corrected chi connectivity index (χ0v) is 12.6. The Balaban J connectivity index is 2.52. The lowest BCUT2D eigenvalue weighted by atomic mass is 9.88. The summed E-state index contributed by atoms with van der Waals surface area (Å²) < 4.78 is 5.94. The van der Waals surface area contributed by atoms with Gasteiger partial charge in [-0.05, 0) is 38.0 Å². The fourth-order valence-electron chi connectivity index (χ4n) is 2.49. The van der Waals surface area contributed by atoms with Crippen LogP contribution >= 0.6 is 0 Å². The van der Waals surface area contributed by atoms with Crippen LogP contribution in [-0.2, 0) is 9.53 Å². The molecule has 0 radical (unpaired) electrons. The molecule has 0 bridgehead atoms. The molecule has 18 heavy (non-hydrogen) atoms. The van der Waals surface area contributed by atoms with E-state index < -0.39 is 0 Å². The molecule has 0 aromatic rings. The maximum absolute atomic E-state index is 12.2. The van der Waals surface area contributed by atoms with Gasteiger partial charge in [-0.2, -0.15) is 0 Å². The second-order valence-corrected chi connectivity index (χ2v) is 6.89. The molecule has 106 valence electrons. The van der Waals surface area contributed by atoms with E-state index in [1.807, 2.05) is 13.8 Å². The van der Waals surface area contributed by atoms with Crippen molar-refractivity contribution < 1.29 is 9.53 Å². The van der Waals surface area contributed by atoms with Crippen molar-refractivity contribution in [1.29, 1.82) is 0 Å². The maximum atomic E-state index is 12.2. The molecule has 0 aliphatic heterocycles. The number of hydrogen-bond donors (Lipinski definition) is 1. The molecule has 1 saturated carbocycles. The van der Waals surface area contributed by atoms with E-state index in [9.17, 15) is 4.79 Å². The number of carbonyl (C=O) groups excluding carboxylic acids is 1. The molecule has 0 aromatic heterocycles. The molecule has 0 saturated heterocycles. The largest absolute Gasteiger partial charge is 0.368 e. The Hall–Kier alpha value is -0.570. The number of rotatable bonds is 5. The highest BCUT2D eigenvalue weighted by atomic mass is 16.5. The highest BCUT2D eigenvalue weighted by molar-refractivity contribution is 5.81. The minimum absolute atomic E-state index is 0.0236. The summed E-state index contributed by atoms with van der Waals surface area (Å²) in [7, 11) is 0. The Labute approximate surface area is 112 Å². The number of amides is 1. The normalized spacial score (nSPS) is 19.2. The fourth-order valence-corrected chi connectivity index (χ4v) is 2.49. The van der Waals surface area contributed by atoms with Crippen molar-refractivity contribution in [2.75, 3.05) is 6.61 Å². The molecule has 3 heteroatoms. The van der Waals surface area contributed by atoms with E-state index in [1.165, 1.54) is 25.7 Å². The fraction of sp³-hybridized carbons (Fsp3) is 0.933. The molecule has 1 rings (SSSR count). The summed E-state index contributed by atoms with van der Waals surface area (Å²) in [6, 6.07) is 0.164. The zero-order valence-electron chi connectivity index (χ0n) is 12.6. The van der Waals surface area contributed by atoms with Crippen molar-refractivity contribution >= 4 is 5.91 Å². The van der Waals surface area contributed by atoms with Gasteiger partial charge >= 0.3 is 0 Å². The molecule has 1 fully saturated rings. The Morgan fingerprint density at radius 1 is 1.28 bits per heavy atom. The van der Waals surface area contributed by atoms with Gasteiger partial charge in [0.05, 0.1) is 6.61 Å². The standard InChI is InChI=1S/C15H29NO2/c1-11(2)16-14(17)13(15(3,4)5)18-10-12-8-6-7-9-12/h11-13H,6-10H2,1-5H3,(H,16,17). The van der Waals surface area contributed by atoms with Gasteiger partial charge < -0.3 is 10.1 Å². The number of hydrogen-bond acceptors (Lipinski definition) is 2. The summed E-state index contributed by atoms with van der Waals surface area (Å²) in [6.07, 6.45) is 4.78. The van der Waals surface area contributed by atoms with E-state index in [0.29, 0.717) is 5.92 Å². The molecule has 1 aliphatic rings. The highest BCUT2D eigenvalue weighted by Crippen LogP contribution is 2.28. The average molecular weight is 255 g/mol. The van der Waals surface area contributed by atoms with Gasteiger partial charge in [-0.25, -0.2) is 0 Å². The Morgan fingerprint density at radius 3 is 2.28 bits per heavy atom. The monoisotopic (exact) mass is 255 g/mol. The first-order valence-electron chi connectivity index (χ1n) is 7.22. The predicted octanol–water partition coefficient (Wildman–Crippen LogP) is 3.13. The van der Waals surface area contributed by atoms with Crippen molar-refractivity contribution in [3.05, 3.63) is 0 Å². The zero-order chi connectivity index (χ0) is 13.8. The second kappa shape index (κ2) is 6.55. The molecule has 1 amide bonds. The van der Waals surface area contributed by atoms with E-state index in [4.69, 9.17) is 4.74 Å². The molecule has 1 atom stereocenters. The van der Waals surface area contributed by atoms with Crippen molar-refractivity contribution in [3.63, 3.8) is 0 Å². The van der Waals surface area contributed by atoms with Gasteiger partial charge in [0.1, 0.15) is 6.10 Å². The third-order valence-corrected chi connectivity index (χ3v) is 3.43. The molecule has 0 aromatic carbocycles. The Morgan fingerprint density at radius 2 is 1.83 bits per heavy atom. The van der Waals surface area contributed by atoms with Crippen molar-refractivity contribution in [3.8, 4) is 0 Å². The Kier molecular flexibility index (Phi) is 5.64. The molecule has 3 nitrogen and oxygen atoms in total. The first-order chi connectivity index (χ1) is 8.30. The van der Waals surface area contributed by atoms with Crippen LogP contribution in [0.15, 0.2) is 0 Å². The van der Waals surface area contributed by atoms with E-state index in [1.54, 1.807) is 0 Å². The summed E-state index contributed by atoms with van der Waals surface area (Å²) in [5.74, 6) is 0.678. The molecule has 1 unspecified atom stereocenters. The molecule has 1 N–H and O–H groups in total. The molecular weight excluding hydrogens is 226 g/mol. The van der Waals surface area contributed by atoms with Crippen molar-refractivity contribution in [1.82, 2.24) is 5.32 Å². The molecule has 1 aliphatic carbocycles. The highest BCUT2D eigenvalue weighted by Gasteiger charge is 2.33. The van der Waals surface area contributed by atoms with Crippen LogP contribution in [0.5, 0.6) is 0 Å². The number of carbonyl (C=O) groups is 1. The number of ether oxygens (including phenoxy) is 1. The number of nitrogens with one attached hydrogen (secondary N) is 1. The van der Waals surface area contributed by atoms with Crippen LogP contribution in [0.1, 0.15) is 60.3 Å². The SMILES string of the molecule is CC(C)NC(=O)C(OCC1CCCC1)C(C)(C)C. The Bertz CT molecular complexity index is 262. The van der Waals surface area contributed by atoms with E-state index in [0.717, 1.165) is 6.61 Å². The van der Waals surface area contributed by atoms with Crippen LogP contribution < -0.4 is 5.32 Å².